The lowest BCUT2D eigenvalue weighted by atomic mass is 10.1. The van der Waals surface area contributed by atoms with E-state index in [9.17, 15) is 4.79 Å². The summed E-state index contributed by atoms with van der Waals surface area (Å²) in [5, 5.41) is 4.70. The van der Waals surface area contributed by atoms with Gasteiger partial charge >= 0.3 is 5.97 Å². The average Bonchev–Trinajstić information content (AvgIpc) is 2.92. The first kappa shape index (κ1) is 15.4. The van der Waals surface area contributed by atoms with Crippen LogP contribution in [0.1, 0.15) is 40.6 Å². The summed E-state index contributed by atoms with van der Waals surface area (Å²) in [7, 11) is 0. The molecule has 0 bridgehead atoms. The number of aryl methyl sites for hydroxylation is 2. The Morgan fingerprint density at radius 2 is 2.00 bits per heavy atom. The number of fused-ring (bicyclic) bond motifs is 1. The van der Waals surface area contributed by atoms with E-state index in [0.29, 0.717) is 10.8 Å². The highest BCUT2D eigenvalue weighted by Crippen LogP contribution is 2.25. The molecule has 0 unspecified atom stereocenters. The molecule has 23 heavy (non-hydrogen) atoms. The molecule has 0 aliphatic heterocycles. The summed E-state index contributed by atoms with van der Waals surface area (Å²) in [5.41, 5.74) is 2.39. The Hall–Kier alpha value is -2.47. The zero-order chi connectivity index (χ0) is 16.6. The SMILES string of the molecule is Cc1cc(C)n2nc(C(=O)O[C@@H](C)c3ccccc3Cl)nc2n1. The maximum atomic E-state index is 12.3. The maximum Gasteiger partial charge on any atom is 0.378 e. The molecule has 0 spiro atoms. The average molecular weight is 331 g/mol. The Morgan fingerprint density at radius 1 is 1.26 bits per heavy atom. The van der Waals surface area contributed by atoms with Gasteiger partial charge < -0.3 is 4.74 Å². The van der Waals surface area contributed by atoms with Gasteiger partial charge in [0.1, 0.15) is 6.10 Å². The summed E-state index contributed by atoms with van der Waals surface area (Å²) >= 11 is 6.11. The van der Waals surface area contributed by atoms with E-state index in [4.69, 9.17) is 16.3 Å². The molecule has 1 aromatic carbocycles. The molecule has 0 radical (unpaired) electrons. The van der Waals surface area contributed by atoms with E-state index < -0.39 is 12.1 Å². The second-order valence-electron chi connectivity index (χ2n) is 5.26. The first-order chi connectivity index (χ1) is 11.0. The number of hydrogen-bond donors (Lipinski definition) is 0. The molecule has 0 aliphatic carbocycles. The van der Waals surface area contributed by atoms with Gasteiger partial charge in [-0.1, -0.05) is 29.8 Å². The highest BCUT2D eigenvalue weighted by Gasteiger charge is 2.20. The normalized spacial score (nSPS) is 12.3. The summed E-state index contributed by atoms with van der Waals surface area (Å²) in [4.78, 5) is 20.7. The lowest BCUT2D eigenvalue weighted by molar-refractivity contribution is 0.0324. The van der Waals surface area contributed by atoms with Gasteiger partial charge in [0.2, 0.25) is 0 Å². The van der Waals surface area contributed by atoms with Crippen molar-refractivity contribution < 1.29 is 9.53 Å². The fourth-order valence-electron chi connectivity index (χ4n) is 2.33. The lowest BCUT2D eigenvalue weighted by Gasteiger charge is -2.13. The van der Waals surface area contributed by atoms with Crippen molar-refractivity contribution in [2.45, 2.75) is 26.9 Å². The maximum absolute atomic E-state index is 12.3. The van der Waals surface area contributed by atoms with Gasteiger partial charge in [-0.2, -0.15) is 4.98 Å². The van der Waals surface area contributed by atoms with Gasteiger partial charge in [0.15, 0.2) is 0 Å². The Morgan fingerprint density at radius 3 is 2.74 bits per heavy atom. The molecule has 2 heterocycles. The number of hydrogen-bond acceptors (Lipinski definition) is 5. The number of nitrogens with zero attached hydrogens (tertiary/aromatic N) is 4. The van der Waals surface area contributed by atoms with Crippen LogP contribution in [-0.4, -0.2) is 25.6 Å². The monoisotopic (exact) mass is 330 g/mol. The summed E-state index contributed by atoms with van der Waals surface area (Å²) in [5.74, 6) is -0.259. The van der Waals surface area contributed by atoms with Crippen LogP contribution < -0.4 is 0 Å². The van der Waals surface area contributed by atoms with E-state index in [2.05, 4.69) is 15.1 Å². The van der Waals surface area contributed by atoms with E-state index in [1.807, 2.05) is 38.1 Å². The van der Waals surface area contributed by atoms with Crippen LogP contribution in [0.3, 0.4) is 0 Å². The molecule has 0 saturated carbocycles. The van der Waals surface area contributed by atoms with Crippen molar-refractivity contribution in [1.82, 2.24) is 19.6 Å². The first-order valence-corrected chi connectivity index (χ1v) is 7.50. The van der Waals surface area contributed by atoms with Gasteiger partial charge in [0, 0.05) is 22.0 Å². The number of esters is 1. The van der Waals surface area contributed by atoms with Gasteiger partial charge in [0.05, 0.1) is 0 Å². The van der Waals surface area contributed by atoms with E-state index in [1.54, 1.807) is 13.0 Å². The Labute approximate surface area is 138 Å². The van der Waals surface area contributed by atoms with Gasteiger partial charge in [-0.15, -0.1) is 5.10 Å². The van der Waals surface area contributed by atoms with Crippen LogP contribution in [0.4, 0.5) is 0 Å². The molecule has 0 amide bonds. The summed E-state index contributed by atoms with van der Waals surface area (Å²) in [6.07, 6.45) is -0.501. The van der Waals surface area contributed by atoms with E-state index in [1.165, 1.54) is 4.52 Å². The number of carbonyl (C=O) groups is 1. The van der Waals surface area contributed by atoms with Crippen molar-refractivity contribution in [3.63, 3.8) is 0 Å². The second kappa shape index (κ2) is 5.96. The van der Waals surface area contributed by atoms with Crippen LogP contribution in [0.2, 0.25) is 5.02 Å². The van der Waals surface area contributed by atoms with Crippen LogP contribution in [0.5, 0.6) is 0 Å². The van der Waals surface area contributed by atoms with Gasteiger partial charge in [-0.05, 0) is 32.9 Å². The van der Waals surface area contributed by atoms with Crippen molar-refractivity contribution >= 4 is 23.3 Å². The third-order valence-corrected chi connectivity index (χ3v) is 3.77. The third-order valence-electron chi connectivity index (χ3n) is 3.43. The summed E-state index contributed by atoms with van der Waals surface area (Å²) < 4.78 is 6.93. The fraction of sp³-hybridized carbons (Fsp3) is 0.250. The Kier molecular flexibility index (Phi) is 4.00. The molecule has 0 aliphatic rings. The van der Waals surface area contributed by atoms with Gasteiger partial charge in [-0.25, -0.2) is 14.3 Å². The fourth-order valence-corrected chi connectivity index (χ4v) is 2.62. The zero-order valence-corrected chi connectivity index (χ0v) is 13.7. The number of ether oxygens (including phenoxy) is 1. The third kappa shape index (κ3) is 3.03. The molecule has 1 atom stereocenters. The van der Waals surface area contributed by atoms with Crippen molar-refractivity contribution in [1.29, 1.82) is 0 Å². The second-order valence-corrected chi connectivity index (χ2v) is 5.66. The number of halogens is 1. The highest BCUT2D eigenvalue weighted by atomic mass is 35.5. The van der Waals surface area contributed by atoms with Crippen LogP contribution in [0.15, 0.2) is 30.3 Å². The minimum Gasteiger partial charge on any atom is -0.452 e. The number of aromatic nitrogens is 4. The van der Waals surface area contributed by atoms with E-state index in [-0.39, 0.29) is 5.82 Å². The zero-order valence-electron chi connectivity index (χ0n) is 12.9. The lowest BCUT2D eigenvalue weighted by Crippen LogP contribution is -2.11. The Balaban J connectivity index is 1.86. The van der Waals surface area contributed by atoms with Gasteiger partial charge in [-0.3, -0.25) is 0 Å². The molecule has 0 saturated heterocycles. The standard InChI is InChI=1S/C16H15ClN4O2/c1-9-8-10(2)21-16(18-9)19-14(20-21)15(22)23-11(3)12-6-4-5-7-13(12)17/h4-8,11H,1-3H3/t11-/m0/s1. The molecule has 118 valence electrons. The number of carbonyl (C=O) groups excluding carboxylic acids is 1. The minimum absolute atomic E-state index is 0.0231. The molecule has 3 rings (SSSR count). The molecule has 3 aromatic rings. The van der Waals surface area contributed by atoms with Gasteiger partial charge in [0.25, 0.3) is 11.6 Å². The van der Waals surface area contributed by atoms with Crippen molar-refractivity contribution in [3.05, 3.63) is 58.1 Å². The van der Waals surface area contributed by atoms with Crippen molar-refractivity contribution in [3.8, 4) is 0 Å². The van der Waals surface area contributed by atoms with Crippen molar-refractivity contribution in [2.75, 3.05) is 0 Å². The predicted octanol–water partition coefficient (Wildman–Crippen LogP) is 3.31. The molecular weight excluding hydrogens is 316 g/mol. The topological polar surface area (TPSA) is 69.4 Å². The van der Waals surface area contributed by atoms with E-state index >= 15 is 0 Å². The molecule has 7 heteroatoms. The molecule has 2 aromatic heterocycles. The van der Waals surface area contributed by atoms with Crippen LogP contribution in [0.25, 0.3) is 5.78 Å². The molecular formula is C16H15ClN4O2. The largest absolute Gasteiger partial charge is 0.452 e. The predicted molar refractivity (Wildman–Crippen MR) is 85.5 cm³/mol. The minimum atomic E-state index is -0.611. The Bertz CT molecular complexity index is 891. The van der Waals surface area contributed by atoms with E-state index in [0.717, 1.165) is 17.0 Å². The highest BCUT2D eigenvalue weighted by molar-refractivity contribution is 6.31. The number of rotatable bonds is 3. The van der Waals surface area contributed by atoms with Crippen LogP contribution in [0, 0.1) is 13.8 Å². The molecule has 0 N–H and O–H groups in total. The smallest absolute Gasteiger partial charge is 0.378 e. The van der Waals surface area contributed by atoms with Crippen LogP contribution >= 0.6 is 11.6 Å². The van der Waals surface area contributed by atoms with Crippen LogP contribution in [-0.2, 0) is 4.74 Å². The quantitative estimate of drug-likeness (QED) is 0.689. The summed E-state index contributed by atoms with van der Waals surface area (Å²) in [6.45, 7) is 5.49. The van der Waals surface area contributed by atoms with Crippen molar-refractivity contribution in [2.24, 2.45) is 0 Å². The first-order valence-electron chi connectivity index (χ1n) is 7.12. The molecule has 0 fully saturated rings. The summed E-state index contributed by atoms with van der Waals surface area (Å²) in [6, 6.07) is 9.08. The molecule has 6 nitrogen and oxygen atoms in total. The number of benzene rings is 1.